The smallest absolute Gasteiger partial charge is 0.161 e. The second-order valence-electron chi connectivity index (χ2n) is 8.05. The predicted octanol–water partition coefficient (Wildman–Crippen LogP) is 5.26. The van der Waals surface area contributed by atoms with Crippen LogP contribution in [0.4, 0.5) is 0 Å². The average Bonchev–Trinajstić information content (AvgIpc) is 2.91. The molecule has 0 saturated heterocycles. The van der Waals surface area contributed by atoms with Gasteiger partial charge < -0.3 is 28.8 Å². The number of fused-ring (bicyclic) bond motifs is 1. The summed E-state index contributed by atoms with van der Waals surface area (Å²) in [6.45, 7) is 0. The molecule has 6 heteroatoms. The summed E-state index contributed by atoms with van der Waals surface area (Å²) in [4.78, 5) is 0. The summed E-state index contributed by atoms with van der Waals surface area (Å²) in [6.07, 6.45) is 8.99. The molecular weight excluding hydrogens is 444 g/mol. The van der Waals surface area contributed by atoms with Crippen molar-refractivity contribution in [1.29, 1.82) is 0 Å². The van der Waals surface area contributed by atoms with Crippen LogP contribution in [-0.4, -0.2) is 39.6 Å². The molecule has 3 aromatic carbocycles. The number of terminal acetylenes is 1. The Hall–Kier alpha value is -4.08. The number of hydrogen-bond donors (Lipinski definition) is 1. The van der Waals surface area contributed by atoms with Crippen LogP contribution in [0, 0.1) is 12.3 Å². The summed E-state index contributed by atoms with van der Waals surface area (Å²) < 4.78 is 28.8. The predicted molar refractivity (Wildman–Crippen MR) is 135 cm³/mol. The lowest BCUT2D eigenvalue weighted by atomic mass is 9.91. The van der Waals surface area contributed by atoms with E-state index in [1.54, 1.807) is 34.5 Å². The molecule has 3 aromatic rings. The number of phenols is 1. The van der Waals surface area contributed by atoms with Crippen molar-refractivity contribution in [2.75, 3.05) is 28.4 Å². The minimum absolute atomic E-state index is 0.0547. The van der Waals surface area contributed by atoms with Gasteiger partial charge in [0, 0.05) is 30.7 Å². The van der Waals surface area contributed by atoms with Gasteiger partial charge in [0.25, 0.3) is 0 Å². The summed E-state index contributed by atoms with van der Waals surface area (Å²) in [7, 11) is 6.41. The number of aromatic hydroxyl groups is 1. The first kappa shape index (κ1) is 24.1. The van der Waals surface area contributed by atoms with E-state index in [0.717, 1.165) is 22.3 Å². The van der Waals surface area contributed by atoms with Crippen LogP contribution in [0.2, 0.25) is 0 Å². The number of hydrogen-bond acceptors (Lipinski definition) is 6. The van der Waals surface area contributed by atoms with Crippen LogP contribution < -0.4 is 18.9 Å². The van der Waals surface area contributed by atoms with Crippen molar-refractivity contribution < 1.29 is 28.8 Å². The second-order valence-corrected chi connectivity index (χ2v) is 8.05. The van der Waals surface area contributed by atoms with Crippen molar-refractivity contribution in [3.63, 3.8) is 0 Å². The zero-order chi connectivity index (χ0) is 24.9. The fourth-order valence-electron chi connectivity index (χ4n) is 4.25. The van der Waals surface area contributed by atoms with Gasteiger partial charge in [0.2, 0.25) is 0 Å². The lowest BCUT2D eigenvalue weighted by Crippen LogP contribution is -2.32. The summed E-state index contributed by atoms with van der Waals surface area (Å²) in [5.41, 5.74) is 3.99. The van der Waals surface area contributed by atoms with E-state index in [-0.39, 0.29) is 11.9 Å². The molecule has 0 saturated carbocycles. The standard InChI is InChI=1S/C29H28O6/c1-6-18-7-9-19(10-8-18)11-13-21-23(30)17-25(32-3)22-16-27(34-5)28(35-29(21)22)20-12-14-24(31-2)26(15-20)33-4/h1,7-15,17,27-28,30H,16H2,2-5H3/b13-11+. The average molecular weight is 473 g/mol. The summed E-state index contributed by atoms with van der Waals surface area (Å²) in [5, 5.41) is 10.9. The van der Waals surface area contributed by atoms with Gasteiger partial charge in [-0.3, -0.25) is 0 Å². The van der Waals surface area contributed by atoms with E-state index in [1.165, 1.54) is 0 Å². The molecule has 6 nitrogen and oxygen atoms in total. The third-order valence-corrected chi connectivity index (χ3v) is 6.13. The molecule has 1 aliphatic rings. The summed E-state index contributed by atoms with van der Waals surface area (Å²) in [6, 6.07) is 14.8. The molecule has 2 unspecified atom stereocenters. The van der Waals surface area contributed by atoms with Gasteiger partial charge in [-0.2, -0.15) is 0 Å². The van der Waals surface area contributed by atoms with E-state index in [1.807, 2.05) is 54.6 Å². The molecule has 0 radical (unpaired) electrons. The van der Waals surface area contributed by atoms with Crippen LogP contribution in [0.1, 0.15) is 33.9 Å². The normalized spacial score (nSPS) is 16.8. The van der Waals surface area contributed by atoms with Crippen molar-refractivity contribution in [3.05, 3.63) is 76.3 Å². The van der Waals surface area contributed by atoms with Crippen molar-refractivity contribution in [3.8, 4) is 41.1 Å². The van der Waals surface area contributed by atoms with Gasteiger partial charge in [-0.25, -0.2) is 0 Å². The third-order valence-electron chi connectivity index (χ3n) is 6.13. The van der Waals surface area contributed by atoms with Gasteiger partial charge in [0.05, 0.1) is 26.9 Å². The highest BCUT2D eigenvalue weighted by atomic mass is 16.5. The van der Waals surface area contributed by atoms with E-state index < -0.39 is 6.10 Å². The lowest BCUT2D eigenvalue weighted by Gasteiger charge is -2.35. The molecule has 0 fully saturated rings. The minimum Gasteiger partial charge on any atom is -0.507 e. The number of rotatable bonds is 7. The molecule has 2 atom stereocenters. The van der Waals surface area contributed by atoms with Crippen LogP contribution in [-0.2, 0) is 11.2 Å². The van der Waals surface area contributed by atoms with Gasteiger partial charge in [0.15, 0.2) is 17.6 Å². The monoisotopic (exact) mass is 472 g/mol. The van der Waals surface area contributed by atoms with Gasteiger partial charge in [-0.05, 0) is 41.5 Å². The SMILES string of the molecule is C#Cc1ccc(/C=C/c2c(O)cc(OC)c3c2OC(c2ccc(OC)c(OC)c2)C(OC)C3)cc1. The molecule has 1 N–H and O–H groups in total. The first-order chi connectivity index (χ1) is 17.0. The Balaban J connectivity index is 1.78. The fraction of sp³-hybridized carbons (Fsp3) is 0.241. The summed E-state index contributed by atoms with van der Waals surface area (Å²) in [5.74, 6) is 4.97. The van der Waals surface area contributed by atoms with Crippen molar-refractivity contribution in [1.82, 2.24) is 0 Å². The van der Waals surface area contributed by atoms with Gasteiger partial charge >= 0.3 is 0 Å². The minimum atomic E-state index is -0.444. The zero-order valence-corrected chi connectivity index (χ0v) is 20.2. The van der Waals surface area contributed by atoms with E-state index in [0.29, 0.717) is 35.0 Å². The largest absolute Gasteiger partial charge is 0.507 e. The third kappa shape index (κ3) is 4.77. The first-order valence-electron chi connectivity index (χ1n) is 11.1. The zero-order valence-electron chi connectivity index (χ0n) is 20.2. The van der Waals surface area contributed by atoms with E-state index >= 15 is 0 Å². The number of ether oxygens (including phenoxy) is 5. The molecular formula is C29H28O6. The number of methoxy groups -OCH3 is 4. The Morgan fingerprint density at radius 3 is 2.26 bits per heavy atom. The van der Waals surface area contributed by atoms with Crippen LogP contribution in [0.5, 0.6) is 28.7 Å². The molecule has 1 heterocycles. The van der Waals surface area contributed by atoms with E-state index in [4.69, 9.17) is 30.1 Å². The maximum Gasteiger partial charge on any atom is 0.161 e. The van der Waals surface area contributed by atoms with Gasteiger partial charge in [-0.15, -0.1) is 6.42 Å². The first-order valence-corrected chi connectivity index (χ1v) is 11.1. The molecule has 0 spiro atoms. The molecule has 0 aliphatic carbocycles. The Morgan fingerprint density at radius 2 is 1.63 bits per heavy atom. The van der Waals surface area contributed by atoms with Crippen LogP contribution in [0.3, 0.4) is 0 Å². The Labute approximate surface area is 205 Å². The van der Waals surface area contributed by atoms with Crippen molar-refractivity contribution >= 4 is 12.2 Å². The Kier molecular flexibility index (Phi) is 7.19. The molecule has 0 aromatic heterocycles. The number of benzene rings is 3. The second kappa shape index (κ2) is 10.5. The lowest BCUT2D eigenvalue weighted by molar-refractivity contribution is -0.0123. The summed E-state index contributed by atoms with van der Waals surface area (Å²) >= 11 is 0. The van der Waals surface area contributed by atoms with Crippen LogP contribution in [0.15, 0.2) is 48.5 Å². The van der Waals surface area contributed by atoms with Crippen molar-refractivity contribution in [2.24, 2.45) is 0 Å². The molecule has 0 bridgehead atoms. The van der Waals surface area contributed by atoms with Gasteiger partial charge in [0.1, 0.15) is 23.4 Å². The molecule has 1 aliphatic heterocycles. The molecule has 4 rings (SSSR count). The van der Waals surface area contributed by atoms with Crippen LogP contribution >= 0.6 is 0 Å². The Bertz CT molecular complexity index is 1270. The number of phenolic OH excluding ortho intramolecular Hbond substituents is 1. The molecule has 35 heavy (non-hydrogen) atoms. The Morgan fingerprint density at radius 1 is 0.914 bits per heavy atom. The highest BCUT2D eigenvalue weighted by Crippen LogP contribution is 2.47. The van der Waals surface area contributed by atoms with Crippen LogP contribution in [0.25, 0.3) is 12.2 Å². The fourth-order valence-corrected chi connectivity index (χ4v) is 4.25. The highest BCUT2D eigenvalue weighted by Gasteiger charge is 2.36. The maximum atomic E-state index is 10.9. The quantitative estimate of drug-likeness (QED) is 0.374. The van der Waals surface area contributed by atoms with Gasteiger partial charge in [-0.1, -0.05) is 30.2 Å². The highest BCUT2D eigenvalue weighted by molar-refractivity contribution is 5.78. The molecule has 0 amide bonds. The topological polar surface area (TPSA) is 66.4 Å². The molecule has 180 valence electrons. The van der Waals surface area contributed by atoms with Crippen molar-refractivity contribution in [2.45, 2.75) is 18.6 Å². The maximum absolute atomic E-state index is 10.9. The van der Waals surface area contributed by atoms with E-state index in [2.05, 4.69) is 5.92 Å². The van der Waals surface area contributed by atoms with E-state index in [9.17, 15) is 5.11 Å².